The summed E-state index contributed by atoms with van der Waals surface area (Å²) in [6.07, 6.45) is 0.873. The van der Waals surface area contributed by atoms with Gasteiger partial charge >= 0.3 is 10.2 Å². The summed E-state index contributed by atoms with van der Waals surface area (Å²) >= 11 is 0. The van der Waals surface area contributed by atoms with Gasteiger partial charge in [-0.15, -0.1) is 3.89 Å². The van der Waals surface area contributed by atoms with Gasteiger partial charge in [-0.2, -0.15) is 8.42 Å². The van der Waals surface area contributed by atoms with Crippen LogP contribution in [0.1, 0.15) is 5.56 Å². The van der Waals surface area contributed by atoms with Gasteiger partial charge < -0.3 is 0 Å². The molecule has 0 N–H and O–H groups in total. The molecular weight excluding hydrogens is 255 g/mol. The summed E-state index contributed by atoms with van der Waals surface area (Å²) in [6, 6.07) is 5.95. The maximum absolute atomic E-state index is 12.3. The first-order valence-corrected chi connectivity index (χ1v) is 7.85. The molecule has 7 heteroatoms. The second kappa shape index (κ2) is 4.50. The lowest BCUT2D eigenvalue weighted by molar-refractivity contribution is 0.550. The van der Waals surface area contributed by atoms with Crippen LogP contribution in [0.4, 0.5) is 3.89 Å². The standard InChI is InChI=1S/C9H11FO4S2/c1-15(11,12)9-5-3-2-4-8(9)6-7-16(10,13)14/h2-5H,6-7H2,1H3. The summed E-state index contributed by atoms with van der Waals surface area (Å²) < 4.78 is 55.7. The summed E-state index contributed by atoms with van der Waals surface area (Å²) in [5.74, 6) is -0.709. The van der Waals surface area contributed by atoms with Crippen molar-refractivity contribution in [2.75, 3.05) is 12.0 Å². The number of hydrogen-bond acceptors (Lipinski definition) is 4. The second-order valence-electron chi connectivity index (χ2n) is 3.37. The third-order valence-electron chi connectivity index (χ3n) is 1.99. The number of sulfone groups is 1. The van der Waals surface area contributed by atoms with Gasteiger partial charge in [-0.3, -0.25) is 0 Å². The van der Waals surface area contributed by atoms with Gasteiger partial charge in [0.05, 0.1) is 10.6 Å². The van der Waals surface area contributed by atoms with Crippen LogP contribution >= 0.6 is 0 Å². The molecule has 0 radical (unpaired) electrons. The van der Waals surface area contributed by atoms with Crippen molar-refractivity contribution < 1.29 is 20.7 Å². The van der Waals surface area contributed by atoms with Gasteiger partial charge in [0.2, 0.25) is 0 Å². The highest BCUT2D eigenvalue weighted by molar-refractivity contribution is 7.90. The highest BCUT2D eigenvalue weighted by Crippen LogP contribution is 2.16. The number of benzene rings is 1. The van der Waals surface area contributed by atoms with Crippen LogP contribution < -0.4 is 0 Å². The lowest BCUT2D eigenvalue weighted by Crippen LogP contribution is -2.07. The summed E-state index contributed by atoms with van der Waals surface area (Å²) in [5, 5.41) is 0. The van der Waals surface area contributed by atoms with Crippen LogP contribution in [0, 0.1) is 0 Å². The molecule has 0 bridgehead atoms. The van der Waals surface area contributed by atoms with E-state index in [1.54, 1.807) is 6.07 Å². The van der Waals surface area contributed by atoms with Crippen LogP contribution in [0.15, 0.2) is 29.2 Å². The van der Waals surface area contributed by atoms with Crippen LogP contribution in [0.5, 0.6) is 0 Å². The van der Waals surface area contributed by atoms with E-state index in [4.69, 9.17) is 0 Å². The monoisotopic (exact) mass is 266 g/mol. The molecule has 0 atom stereocenters. The molecular formula is C9H11FO4S2. The van der Waals surface area contributed by atoms with E-state index in [-0.39, 0.29) is 11.3 Å². The molecule has 1 aromatic carbocycles. The van der Waals surface area contributed by atoms with Crippen molar-refractivity contribution in [3.8, 4) is 0 Å². The molecule has 16 heavy (non-hydrogen) atoms. The van der Waals surface area contributed by atoms with E-state index in [2.05, 4.69) is 0 Å². The van der Waals surface area contributed by atoms with E-state index in [1.807, 2.05) is 0 Å². The zero-order valence-electron chi connectivity index (χ0n) is 8.55. The van der Waals surface area contributed by atoms with Crippen LogP contribution in [0.3, 0.4) is 0 Å². The molecule has 0 amide bonds. The Hall–Kier alpha value is -0.950. The van der Waals surface area contributed by atoms with Crippen molar-refractivity contribution in [2.24, 2.45) is 0 Å². The topological polar surface area (TPSA) is 68.3 Å². The fourth-order valence-electron chi connectivity index (χ4n) is 1.30. The molecule has 0 aliphatic heterocycles. The summed E-state index contributed by atoms with van der Waals surface area (Å²) in [4.78, 5) is 0.0404. The highest BCUT2D eigenvalue weighted by atomic mass is 32.3. The molecule has 0 saturated heterocycles. The lowest BCUT2D eigenvalue weighted by Gasteiger charge is -2.05. The van der Waals surface area contributed by atoms with Crippen LogP contribution in [0.2, 0.25) is 0 Å². The van der Waals surface area contributed by atoms with E-state index in [9.17, 15) is 20.7 Å². The quantitative estimate of drug-likeness (QED) is 0.760. The van der Waals surface area contributed by atoms with Gasteiger partial charge in [-0.25, -0.2) is 8.42 Å². The van der Waals surface area contributed by atoms with Gasteiger partial charge in [-0.1, -0.05) is 18.2 Å². The highest BCUT2D eigenvalue weighted by Gasteiger charge is 2.15. The SMILES string of the molecule is CS(=O)(=O)c1ccccc1CCS(=O)(=O)F. The zero-order valence-corrected chi connectivity index (χ0v) is 10.2. The molecule has 1 aromatic rings. The minimum absolute atomic E-state index is 0.0404. The predicted octanol–water partition coefficient (Wildman–Crippen LogP) is 0.932. The Morgan fingerprint density at radius 2 is 1.69 bits per heavy atom. The zero-order chi connectivity index (χ0) is 12.4. The van der Waals surface area contributed by atoms with Gasteiger partial charge in [0.1, 0.15) is 0 Å². The minimum atomic E-state index is -4.58. The Labute approximate surface area is 94.2 Å². The summed E-state index contributed by atoms with van der Waals surface area (Å²) in [5.41, 5.74) is 0.311. The summed E-state index contributed by atoms with van der Waals surface area (Å²) in [7, 11) is -8.00. The van der Waals surface area contributed by atoms with Crippen molar-refractivity contribution in [1.29, 1.82) is 0 Å². The minimum Gasteiger partial charge on any atom is -0.224 e. The van der Waals surface area contributed by atoms with Crippen LogP contribution in [0.25, 0.3) is 0 Å². The molecule has 0 spiro atoms. The Morgan fingerprint density at radius 1 is 1.12 bits per heavy atom. The second-order valence-corrected chi connectivity index (χ2v) is 6.84. The molecule has 0 heterocycles. The lowest BCUT2D eigenvalue weighted by atomic mass is 10.2. The number of halogens is 1. The van der Waals surface area contributed by atoms with E-state index in [1.165, 1.54) is 18.2 Å². The third kappa shape index (κ3) is 3.90. The van der Waals surface area contributed by atoms with Gasteiger partial charge in [0.15, 0.2) is 9.84 Å². The molecule has 90 valence electrons. The first kappa shape index (κ1) is 13.1. The smallest absolute Gasteiger partial charge is 0.224 e. The molecule has 0 saturated carbocycles. The maximum Gasteiger partial charge on any atom is 0.302 e. The maximum atomic E-state index is 12.3. The fourth-order valence-corrected chi connectivity index (χ4v) is 2.74. The fraction of sp³-hybridized carbons (Fsp3) is 0.333. The molecule has 0 aromatic heterocycles. The molecule has 4 nitrogen and oxygen atoms in total. The Kier molecular flexibility index (Phi) is 3.69. The van der Waals surface area contributed by atoms with Crippen molar-refractivity contribution >= 4 is 20.1 Å². The van der Waals surface area contributed by atoms with Crippen molar-refractivity contribution in [3.63, 3.8) is 0 Å². The van der Waals surface area contributed by atoms with E-state index in [0.717, 1.165) is 6.26 Å². The van der Waals surface area contributed by atoms with Crippen molar-refractivity contribution in [3.05, 3.63) is 29.8 Å². The first-order chi connectivity index (χ1) is 7.20. The summed E-state index contributed by atoms with van der Waals surface area (Å²) in [6.45, 7) is 0. The Bertz CT molecular complexity index is 575. The molecule has 1 rings (SSSR count). The molecule has 0 aliphatic carbocycles. The average molecular weight is 266 g/mol. The normalized spacial score (nSPS) is 12.6. The average Bonchev–Trinajstić information content (AvgIpc) is 2.12. The predicted molar refractivity (Wildman–Crippen MR) is 58.2 cm³/mol. The van der Waals surface area contributed by atoms with E-state index in [0.29, 0.717) is 5.56 Å². The number of aryl methyl sites for hydroxylation is 1. The van der Waals surface area contributed by atoms with E-state index < -0.39 is 25.8 Å². The van der Waals surface area contributed by atoms with Crippen molar-refractivity contribution in [1.82, 2.24) is 0 Å². The van der Waals surface area contributed by atoms with Crippen LogP contribution in [-0.4, -0.2) is 28.8 Å². The number of hydrogen-bond donors (Lipinski definition) is 0. The first-order valence-electron chi connectivity index (χ1n) is 4.40. The molecule has 0 fully saturated rings. The number of rotatable bonds is 4. The van der Waals surface area contributed by atoms with Crippen LogP contribution in [-0.2, 0) is 26.5 Å². The third-order valence-corrected chi connectivity index (χ3v) is 3.88. The Balaban J connectivity index is 3.06. The Morgan fingerprint density at radius 3 is 2.19 bits per heavy atom. The largest absolute Gasteiger partial charge is 0.302 e. The van der Waals surface area contributed by atoms with Gasteiger partial charge in [0.25, 0.3) is 0 Å². The van der Waals surface area contributed by atoms with E-state index >= 15 is 0 Å². The molecule has 0 aliphatic rings. The van der Waals surface area contributed by atoms with Crippen molar-refractivity contribution in [2.45, 2.75) is 11.3 Å². The van der Waals surface area contributed by atoms with Gasteiger partial charge in [-0.05, 0) is 18.1 Å². The van der Waals surface area contributed by atoms with Gasteiger partial charge in [0, 0.05) is 6.26 Å². The molecule has 0 unspecified atom stereocenters.